The molecule has 0 aliphatic heterocycles. The van der Waals surface area contributed by atoms with Crippen molar-refractivity contribution in [3.8, 4) is 0 Å². The zero-order valence-corrected chi connectivity index (χ0v) is 12.1. The number of alkyl halides is 2. The lowest BCUT2D eigenvalue weighted by Gasteiger charge is -2.27. The number of halogens is 2. The molecule has 0 spiro atoms. The van der Waals surface area contributed by atoms with Gasteiger partial charge in [0.25, 0.3) is 5.92 Å². The van der Waals surface area contributed by atoms with Crippen molar-refractivity contribution in [2.75, 3.05) is 0 Å². The van der Waals surface area contributed by atoms with Crippen LogP contribution in [0, 0.1) is 5.92 Å². The van der Waals surface area contributed by atoms with Crippen LogP contribution in [-0.4, -0.2) is 17.0 Å². The molecule has 0 saturated heterocycles. The number of carboxylic acids is 1. The standard InChI is InChI=1S/C17H20F2O2/c1-12-4-2-3-5-15(17(18,19)11-12)10-13-6-8-14(9-7-13)16(20)21/h6-9,11,15H,2-5,10H2,1H3,(H,20,21). The average Bonchev–Trinajstić information content (AvgIpc) is 2.40. The molecule has 1 aliphatic carbocycles. The third-order valence-corrected chi connectivity index (χ3v) is 4.04. The fourth-order valence-corrected chi connectivity index (χ4v) is 2.81. The molecule has 2 rings (SSSR count). The molecule has 0 amide bonds. The molecule has 1 atom stereocenters. The summed E-state index contributed by atoms with van der Waals surface area (Å²) >= 11 is 0. The Hall–Kier alpha value is -1.71. The van der Waals surface area contributed by atoms with Gasteiger partial charge in [0.1, 0.15) is 0 Å². The minimum Gasteiger partial charge on any atom is -0.478 e. The van der Waals surface area contributed by atoms with Crippen molar-refractivity contribution in [3.63, 3.8) is 0 Å². The van der Waals surface area contributed by atoms with Gasteiger partial charge >= 0.3 is 5.97 Å². The van der Waals surface area contributed by atoms with E-state index in [0.717, 1.165) is 36.5 Å². The Kier molecular flexibility index (Phi) is 4.76. The highest BCUT2D eigenvalue weighted by Crippen LogP contribution is 2.36. The van der Waals surface area contributed by atoms with Crippen molar-refractivity contribution in [2.45, 2.75) is 45.0 Å². The van der Waals surface area contributed by atoms with Gasteiger partial charge in [0.15, 0.2) is 0 Å². The summed E-state index contributed by atoms with van der Waals surface area (Å²) in [6.45, 7) is 1.76. The van der Waals surface area contributed by atoms with E-state index in [1.807, 2.05) is 0 Å². The van der Waals surface area contributed by atoms with Crippen LogP contribution in [0.25, 0.3) is 0 Å². The van der Waals surface area contributed by atoms with Gasteiger partial charge in [-0.15, -0.1) is 0 Å². The van der Waals surface area contributed by atoms with E-state index in [0.29, 0.717) is 6.42 Å². The minimum atomic E-state index is -2.80. The van der Waals surface area contributed by atoms with Crippen LogP contribution in [0.3, 0.4) is 0 Å². The number of rotatable bonds is 3. The second kappa shape index (κ2) is 6.37. The quantitative estimate of drug-likeness (QED) is 0.820. The van der Waals surface area contributed by atoms with Crippen LogP contribution in [0.5, 0.6) is 0 Å². The SMILES string of the molecule is CC1=CC(F)(F)C(Cc2ccc(C(=O)O)cc2)CCCC1. The summed E-state index contributed by atoms with van der Waals surface area (Å²) in [6, 6.07) is 6.21. The van der Waals surface area contributed by atoms with Crippen LogP contribution in [0.15, 0.2) is 35.9 Å². The first kappa shape index (κ1) is 15.7. The number of allylic oxidation sites excluding steroid dienone is 2. The lowest BCUT2D eigenvalue weighted by atomic mass is 9.85. The summed E-state index contributed by atoms with van der Waals surface area (Å²) in [6.07, 6.45) is 4.39. The second-order valence-corrected chi connectivity index (χ2v) is 5.81. The first-order valence-electron chi connectivity index (χ1n) is 7.27. The van der Waals surface area contributed by atoms with Crippen LogP contribution in [0.2, 0.25) is 0 Å². The molecular weight excluding hydrogens is 274 g/mol. The maximum Gasteiger partial charge on any atom is 0.335 e. The molecule has 0 radical (unpaired) electrons. The predicted octanol–water partition coefficient (Wildman–Crippen LogP) is 4.70. The number of hydrogen-bond acceptors (Lipinski definition) is 1. The second-order valence-electron chi connectivity index (χ2n) is 5.81. The molecule has 1 aliphatic rings. The van der Waals surface area contributed by atoms with Gasteiger partial charge in [0, 0.05) is 5.92 Å². The fraction of sp³-hybridized carbons (Fsp3) is 0.471. The highest BCUT2D eigenvalue weighted by molar-refractivity contribution is 5.87. The van der Waals surface area contributed by atoms with Crippen LogP contribution < -0.4 is 0 Å². The zero-order valence-electron chi connectivity index (χ0n) is 12.1. The molecule has 0 fully saturated rings. The zero-order chi connectivity index (χ0) is 15.5. The lowest BCUT2D eigenvalue weighted by Crippen LogP contribution is -2.29. The van der Waals surface area contributed by atoms with Gasteiger partial charge in [0.2, 0.25) is 0 Å². The van der Waals surface area contributed by atoms with E-state index in [4.69, 9.17) is 5.11 Å². The highest BCUT2D eigenvalue weighted by Gasteiger charge is 2.37. The topological polar surface area (TPSA) is 37.3 Å². The van der Waals surface area contributed by atoms with Crippen molar-refractivity contribution in [1.29, 1.82) is 0 Å². The van der Waals surface area contributed by atoms with Crippen LogP contribution >= 0.6 is 0 Å². The number of carbonyl (C=O) groups is 1. The van der Waals surface area contributed by atoms with E-state index < -0.39 is 17.8 Å². The van der Waals surface area contributed by atoms with Gasteiger partial charge in [-0.05, 0) is 56.4 Å². The number of benzene rings is 1. The molecule has 0 saturated carbocycles. The number of carboxylic acid groups (broad SMARTS) is 1. The maximum absolute atomic E-state index is 14.3. The van der Waals surface area contributed by atoms with Gasteiger partial charge in [0.05, 0.1) is 5.56 Å². The maximum atomic E-state index is 14.3. The molecule has 1 aromatic rings. The fourth-order valence-electron chi connectivity index (χ4n) is 2.81. The van der Waals surface area contributed by atoms with E-state index in [2.05, 4.69) is 0 Å². The van der Waals surface area contributed by atoms with Gasteiger partial charge in [-0.25, -0.2) is 13.6 Å². The largest absolute Gasteiger partial charge is 0.478 e. The van der Waals surface area contributed by atoms with E-state index in [1.54, 1.807) is 19.1 Å². The predicted molar refractivity (Wildman–Crippen MR) is 77.8 cm³/mol. The molecule has 2 nitrogen and oxygen atoms in total. The Morgan fingerprint density at radius 1 is 1.29 bits per heavy atom. The van der Waals surface area contributed by atoms with E-state index in [9.17, 15) is 13.6 Å². The highest BCUT2D eigenvalue weighted by atomic mass is 19.3. The Morgan fingerprint density at radius 3 is 2.57 bits per heavy atom. The number of hydrogen-bond donors (Lipinski definition) is 1. The van der Waals surface area contributed by atoms with Crippen LogP contribution in [-0.2, 0) is 6.42 Å². The number of aromatic carboxylic acids is 1. The van der Waals surface area contributed by atoms with E-state index in [-0.39, 0.29) is 12.0 Å². The first-order chi connectivity index (χ1) is 9.88. The third-order valence-electron chi connectivity index (χ3n) is 4.04. The first-order valence-corrected chi connectivity index (χ1v) is 7.27. The Labute approximate surface area is 123 Å². The molecule has 0 heterocycles. The van der Waals surface area contributed by atoms with Crippen LogP contribution in [0.1, 0.15) is 48.5 Å². The lowest BCUT2D eigenvalue weighted by molar-refractivity contribution is -0.0159. The molecule has 4 heteroatoms. The van der Waals surface area contributed by atoms with Gasteiger partial charge in [-0.2, -0.15) is 0 Å². The van der Waals surface area contributed by atoms with Crippen molar-refractivity contribution in [3.05, 3.63) is 47.0 Å². The minimum absolute atomic E-state index is 0.180. The molecule has 1 aromatic carbocycles. The van der Waals surface area contributed by atoms with Crippen molar-refractivity contribution in [1.82, 2.24) is 0 Å². The van der Waals surface area contributed by atoms with Crippen molar-refractivity contribution < 1.29 is 18.7 Å². The summed E-state index contributed by atoms with van der Waals surface area (Å²) in [5.41, 5.74) is 1.70. The molecular formula is C17H20F2O2. The Morgan fingerprint density at radius 2 is 1.95 bits per heavy atom. The van der Waals surface area contributed by atoms with Gasteiger partial charge < -0.3 is 5.11 Å². The summed E-state index contributed by atoms with van der Waals surface area (Å²) in [4.78, 5) is 10.8. The summed E-state index contributed by atoms with van der Waals surface area (Å²) < 4.78 is 28.6. The molecule has 21 heavy (non-hydrogen) atoms. The van der Waals surface area contributed by atoms with E-state index >= 15 is 0 Å². The average molecular weight is 294 g/mol. The third kappa shape index (κ3) is 4.13. The summed E-state index contributed by atoms with van der Waals surface area (Å²) in [5.74, 6) is -4.52. The smallest absolute Gasteiger partial charge is 0.335 e. The molecule has 0 aromatic heterocycles. The molecule has 0 bridgehead atoms. The van der Waals surface area contributed by atoms with Crippen molar-refractivity contribution in [2.24, 2.45) is 5.92 Å². The molecule has 1 unspecified atom stereocenters. The van der Waals surface area contributed by atoms with Crippen LogP contribution in [0.4, 0.5) is 8.78 Å². The Bertz CT molecular complexity index is 532. The van der Waals surface area contributed by atoms with Crippen molar-refractivity contribution >= 4 is 5.97 Å². The monoisotopic (exact) mass is 294 g/mol. The molecule has 1 N–H and O–H groups in total. The van der Waals surface area contributed by atoms with Gasteiger partial charge in [-0.3, -0.25) is 0 Å². The van der Waals surface area contributed by atoms with E-state index in [1.165, 1.54) is 12.1 Å². The summed E-state index contributed by atoms with van der Waals surface area (Å²) in [7, 11) is 0. The Balaban J connectivity index is 2.16. The molecule has 114 valence electrons. The normalized spacial score (nSPS) is 22.0. The van der Waals surface area contributed by atoms with Gasteiger partial charge in [-0.1, -0.05) is 24.1 Å². The summed E-state index contributed by atoms with van der Waals surface area (Å²) in [5, 5.41) is 8.85.